The first kappa shape index (κ1) is 14.8. The molecule has 110 valence electrons. The van der Waals surface area contributed by atoms with Gasteiger partial charge in [-0.25, -0.2) is 0 Å². The van der Waals surface area contributed by atoms with Crippen LogP contribution in [0, 0.1) is 0 Å². The van der Waals surface area contributed by atoms with Crippen molar-refractivity contribution in [3.8, 4) is 5.75 Å². The predicted molar refractivity (Wildman–Crippen MR) is 89.7 cm³/mol. The molecule has 0 saturated heterocycles. The van der Waals surface area contributed by atoms with Crippen LogP contribution in [0.1, 0.15) is 44.9 Å². The van der Waals surface area contributed by atoms with Gasteiger partial charge in [0.1, 0.15) is 5.75 Å². The van der Waals surface area contributed by atoms with E-state index in [4.69, 9.17) is 4.74 Å². The highest BCUT2D eigenvalue weighted by Gasteiger charge is 2.18. The van der Waals surface area contributed by atoms with Gasteiger partial charge in [-0.2, -0.15) is 0 Å². The number of carbonyl (C=O) groups is 1. The summed E-state index contributed by atoms with van der Waals surface area (Å²) in [5, 5.41) is 0. The van der Waals surface area contributed by atoms with Crippen molar-refractivity contribution in [2.24, 2.45) is 0 Å². The Morgan fingerprint density at radius 2 is 2.00 bits per heavy atom. The Bertz CT molecular complexity index is 652. The number of thiophene rings is 1. The van der Waals surface area contributed by atoms with Crippen LogP contribution in [0.5, 0.6) is 5.75 Å². The van der Waals surface area contributed by atoms with E-state index in [1.54, 1.807) is 18.4 Å². The van der Waals surface area contributed by atoms with Crippen LogP contribution in [0.25, 0.3) is 0 Å². The fourth-order valence-corrected chi connectivity index (χ4v) is 4.49. The van der Waals surface area contributed by atoms with Crippen LogP contribution >= 0.6 is 27.3 Å². The Morgan fingerprint density at radius 3 is 2.76 bits per heavy atom. The number of ether oxygens (including phenoxy) is 1. The molecule has 0 radical (unpaired) electrons. The average molecular weight is 365 g/mol. The lowest BCUT2D eigenvalue weighted by molar-refractivity contribution is 0.104. The van der Waals surface area contributed by atoms with E-state index >= 15 is 0 Å². The molecule has 0 saturated carbocycles. The van der Waals surface area contributed by atoms with Gasteiger partial charge < -0.3 is 4.74 Å². The lowest BCUT2D eigenvalue weighted by Crippen LogP contribution is -1.99. The molecule has 1 aromatic carbocycles. The normalized spacial score (nSPS) is 14.4. The molecule has 4 heteroatoms. The number of ketones is 1. The average Bonchev–Trinajstić information content (AvgIpc) is 2.77. The third-order valence-corrected chi connectivity index (χ3v) is 5.74. The van der Waals surface area contributed by atoms with Crippen LogP contribution in [0.3, 0.4) is 0 Å². The number of methoxy groups -OCH3 is 1. The second-order valence-electron chi connectivity index (χ2n) is 5.30. The summed E-state index contributed by atoms with van der Waals surface area (Å²) in [5.74, 6) is 0.852. The largest absolute Gasteiger partial charge is 0.496 e. The Morgan fingerprint density at radius 1 is 1.19 bits per heavy atom. The maximum atomic E-state index is 12.7. The van der Waals surface area contributed by atoms with Gasteiger partial charge in [0.25, 0.3) is 0 Å². The van der Waals surface area contributed by atoms with Crippen molar-refractivity contribution in [2.75, 3.05) is 7.11 Å². The lowest BCUT2D eigenvalue weighted by Gasteiger charge is -2.04. The SMILES string of the molecule is COc1ccc(C(=O)c2cc3c(s2)CCCCC3)cc1Br. The van der Waals surface area contributed by atoms with Gasteiger partial charge in [0.2, 0.25) is 5.78 Å². The zero-order chi connectivity index (χ0) is 14.8. The van der Waals surface area contributed by atoms with Crippen molar-refractivity contribution in [2.45, 2.75) is 32.1 Å². The van der Waals surface area contributed by atoms with Crippen LogP contribution in [-0.2, 0) is 12.8 Å². The summed E-state index contributed by atoms with van der Waals surface area (Å²) in [5.41, 5.74) is 2.09. The molecule has 0 spiro atoms. The topological polar surface area (TPSA) is 26.3 Å². The molecular formula is C17H17BrO2S. The first-order valence-corrected chi connectivity index (χ1v) is 8.80. The monoisotopic (exact) mass is 364 g/mol. The van der Waals surface area contributed by atoms with Crippen molar-refractivity contribution in [3.05, 3.63) is 49.6 Å². The standard InChI is InChI=1S/C17H17BrO2S/c1-20-14-8-7-12(9-13(14)18)17(19)16-10-11-5-3-2-4-6-15(11)21-16/h7-10H,2-6H2,1H3. The number of aryl methyl sites for hydroxylation is 2. The van der Waals surface area contributed by atoms with Gasteiger partial charge in [-0.15, -0.1) is 11.3 Å². The van der Waals surface area contributed by atoms with Gasteiger partial charge in [0, 0.05) is 10.4 Å². The molecule has 0 N–H and O–H groups in total. The van der Waals surface area contributed by atoms with E-state index in [0.29, 0.717) is 5.56 Å². The Balaban J connectivity index is 1.90. The zero-order valence-corrected chi connectivity index (χ0v) is 14.4. The molecule has 1 aromatic heterocycles. The molecule has 2 aromatic rings. The Hall–Kier alpha value is -1.13. The van der Waals surface area contributed by atoms with E-state index in [1.807, 2.05) is 18.2 Å². The number of benzene rings is 1. The molecule has 1 aliphatic carbocycles. The van der Waals surface area contributed by atoms with Crippen LogP contribution in [0.2, 0.25) is 0 Å². The summed E-state index contributed by atoms with van der Waals surface area (Å²) in [6.07, 6.45) is 6.03. The second kappa shape index (κ2) is 6.32. The van der Waals surface area contributed by atoms with Crippen molar-refractivity contribution in [1.29, 1.82) is 0 Å². The Kier molecular flexibility index (Phi) is 4.45. The number of hydrogen-bond donors (Lipinski definition) is 0. The second-order valence-corrected chi connectivity index (χ2v) is 7.29. The molecule has 1 aliphatic rings. The number of carbonyl (C=O) groups excluding carboxylic acids is 1. The van der Waals surface area contributed by atoms with Crippen LogP contribution in [0.15, 0.2) is 28.7 Å². The molecule has 3 rings (SSSR count). The highest BCUT2D eigenvalue weighted by atomic mass is 79.9. The first-order chi connectivity index (χ1) is 10.2. The summed E-state index contributed by atoms with van der Waals surface area (Å²) in [6, 6.07) is 7.60. The number of halogens is 1. The number of rotatable bonds is 3. The van der Waals surface area contributed by atoms with Gasteiger partial charge in [-0.3, -0.25) is 4.79 Å². The highest BCUT2D eigenvalue weighted by molar-refractivity contribution is 9.10. The van der Waals surface area contributed by atoms with Crippen LogP contribution < -0.4 is 4.74 Å². The van der Waals surface area contributed by atoms with Crippen molar-refractivity contribution in [1.82, 2.24) is 0 Å². The van der Waals surface area contributed by atoms with Gasteiger partial charge >= 0.3 is 0 Å². The summed E-state index contributed by atoms with van der Waals surface area (Å²) in [4.78, 5) is 14.9. The molecule has 21 heavy (non-hydrogen) atoms. The van der Waals surface area contributed by atoms with E-state index in [1.165, 1.54) is 29.7 Å². The number of hydrogen-bond acceptors (Lipinski definition) is 3. The van der Waals surface area contributed by atoms with Crippen molar-refractivity contribution in [3.63, 3.8) is 0 Å². The molecule has 0 amide bonds. The molecule has 0 aliphatic heterocycles. The summed E-state index contributed by atoms with van der Waals surface area (Å²) in [7, 11) is 1.62. The minimum Gasteiger partial charge on any atom is -0.496 e. The molecule has 0 atom stereocenters. The maximum Gasteiger partial charge on any atom is 0.203 e. The Labute approximate surface area is 137 Å². The molecular weight excluding hydrogens is 348 g/mol. The van der Waals surface area contributed by atoms with Gasteiger partial charge in [-0.1, -0.05) is 6.42 Å². The minimum atomic E-state index is 0.108. The van der Waals surface area contributed by atoms with Crippen LogP contribution in [0.4, 0.5) is 0 Å². The lowest BCUT2D eigenvalue weighted by atomic mass is 10.1. The molecule has 2 nitrogen and oxygen atoms in total. The number of fused-ring (bicyclic) bond motifs is 1. The van der Waals surface area contributed by atoms with E-state index in [9.17, 15) is 4.79 Å². The quantitative estimate of drug-likeness (QED) is 0.564. The van der Waals surface area contributed by atoms with Gasteiger partial charge in [-0.05, 0) is 71.4 Å². The zero-order valence-electron chi connectivity index (χ0n) is 11.9. The first-order valence-electron chi connectivity index (χ1n) is 7.19. The summed E-state index contributed by atoms with van der Waals surface area (Å²) < 4.78 is 6.02. The van der Waals surface area contributed by atoms with Gasteiger partial charge in [0.15, 0.2) is 0 Å². The molecule has 0 unspecified atom stereocenters. The fourth-order valence-electron chi connectivity index (χ4n) is 2.73. The predicted octanol–water partition coefficient (Wildman–Crippen LogP) is 5.02. The fraction of sp³-hybridized carbons (Fsp3) is 0.353. The smallest absolute Gasteiger partial charge is 0.203 e. The van der Waals surface area contributed by atoms with E-state index in [-0.39, 0.29) is 5.78 Å². The summed E-state index contributed by atoms with van der Waals surface area (Å²) >= 11 is 5.11. The molecule has 0 fully saturated rings. The van der Waals surface area contributed by atoms with Crippen molar-refractivity contribution >= 4 is 33.0 Å². The van der Waals surface area contributed by atoms with E-state index in [0.717, 1.165) is 27.9 Å². The molecule has 1 heterocycles. The third kappa shape index (κ3) is 3.06. The molecule has 0 bridgehead atoms. The van der Waals surface area contributed by atoms with E-state index in [2.05, 4.69) is 22.0 Å². The van der Waals surface area contributed by atoms with Crippen LogP contribution in [-0.4, -0.2) is 12.9 Å². The summed E-state index contributed by atoms with van der Waals surface area (Å²) in [6.45, 7) is 0. The minimum absolute atomic E-state index is 0.108. The highest BCUT2D eigenvalue weighted by Crippen LogP contribution is 2.32. The van der Waals surface area contributed by atoms with E-state index < -0.39 is 0 Å². The van der Waals surface area contributed by atoms with Crippen molar-refractivity contribution < 1.29 is 9.53 Å². The van der Waals surface area contributed by atoms with Gasteiger partial charge in [0.05, 0.1) is 16.5 Å². The third-order valence-electron chi connectivity index (χ3n) is 3.88. The maximum absolute atomic E-state index is 12.7.